The van der Waals surface area contributed by atoms with E-state index in [1.807, 2.05) is 0 Å². The van der Waals surface area contributed by atoms with E-state index >= 15 is 0 Å². The number of aliphatic hydroxyl groups is 1. The first-order chi connectivity index (χ1) is 6.85. The van der Waals surface area contributed by atoms with Gasteiger partial charge in [-0.05, 0) is 38.1 Å². The highest BCUT2D eigenvalue weighted by atomic mass is 16.3. The van der Waals surface area contributed by atoms with Crippen LogP contribution in [0.4, 0.5) is 0 Å². The molecule has 0 atom stereocenters. The molecule has 0 unspecified atom stereocenters. The maximum atomic E-state index is 9.41. The van der Waals surface area contributed by atoms with E-state index in [1.165, 1.54) is 51.5 Å². The second-order valence-corrected chi connectivity index (χ2v) is 5.29. The van der Waals surface area contributed by atoms with Gasteiger partial charge in [0.05, 0.1) is 0 Å². The number of hydrogen-bond acceptors (Lipinski definition) is 2. The Balaban J connectivity index is 1.66. The van der Waals surface area contributed by atoms with Crippen LogP contribution in [0.2, 0.25) is 0 Å². The van der Waals surface area contributed by atoms with Crippen molar-refractivity contribution in [1.29, 1.82) is 0 Å². The van der Waals surface area contributed by atoms with Gasteiger partial charge in [-0.25, -0.2) is 0 Å². The fraction of sp³-hybridized carbons (Fsp3) is 1.00. The molecule has 14 heavy (non-hydrogen) atoms. The second kappa shape index (κ2) is 4.63. The van der Waals surface area contributed by atoms with Crippen molar-refractivity contribution in [2.75, 3.05) is 19.7 Å². The molecule has 0 spiro atoms. The van der Waals surface area contributed by atoms with Crippen LogP contribution in [0, 0.1) is 11.3 Å². The molecule has 0 aromatic carbocycles. The van der Waals surface area contributed by atoms with Crippen molar-refractivity contribution < 1.29 is 5.11 Å². The zero-order chi connectivity index (χ0) is 9.86. The predicted octanol–water partition coefficient (Wildman–Crippen LogP) is 1.93. The van der Waals surface area contributed by atoms with Crippen LogP contribution in [-0.2, 0) is 0 Å². The van der Waals surface area contributed by atoms with Crippen LogP contribution >= 0.6 is 0 Å². The highest BCUT2D eigenvalue weighted by Gasteiger charge is 2.32. The van der Waals surface area contributed by atoms with E-state index in [-0.39, 0.29) is 5.41 Å². The first-order valence-electron chi connectivity index (χ1n) is 6.16. The Morgan fingerprint density at radius 1 is 1.14 bits per heavy atom. The highest BCUT2D eigenvalue weighted by molar-refractivity contribution is 4.86. The topological polar surface area (TPSA) is 32.3 Å². The maximum absolute atomic E-state index is 9.41. The standard InChI is InChI=1S/C12H23NO/c14-10-12(6-1-2-7-12)9-13-8-11-4-3-5-11/h11,13-14H,1-10H2. The molecule has 2 nitrogen and oxygen atoms in total. The van der Waals surface area contributed by atoms with E-state index in [0.717, 1.165) is 12.5 Å². The molecule has 2 fully saturated rings. The Morgan fingerprint density at radius 2 is 1.86 bits per heavy atom. The zero-order valence-electron chi connectivity index (χ0n) is 9.10. The third-order valence-corrected chi connectivity index (χ3v) is 4.16. The van der Waals surface area contributed by atoms with Crippen molar-refractivity contribution in [2.24, 2.45) is 11.3 Å². The highest BCUT2D eigenvalue weighted by Crippen LogP contribution is 2.37. The van der Waals surface area contributed by atoms with Crippen LogP contribution in [0.3, 0.4) is 0 Å². The van der Waals surface area contributed by atoms with Gasteiger partial charge in [-0.3, -0.25) is 0 Å². The molecule has 0 amide bonds. The van der Waals surface area contributed by atoms with Crippen LogP contribution in [-0.4, -0.2) is 24.8 Å². The molecule has 2 rings (SSSR count). The number of rotatable bonds is 5. The second-order valence-electron chi connectivity index (χ2n) is 5.29. The SMILES string of the molecule is OCC1(CNCC2CCC2)CCCC1. The summed E-state index contributed by atoms with van der Waals surface area (Å²) in [6.07, 6.45) is 9.33. The summed E-state index contributed by atoms with van der Waals surface area (Å²) < 4.78 is 0. The van der Waals surface area contributed by atoms with Gasteiger partial charge < -0.3 is 10.4 Å². The number of aliphatic hydroxyl groups excluding tert-OH is 1. The summed E-state index contributed by atoms with van der Waals surface area (Å²) in [5.41, 5.74) is 0.240. The van der Waals surface area contributed by atoms with Gasteiger partial charge in [-0.15, -0.1) is 0 Å². The minimum atomic E-state index is 0.240. The van der Waals surface area contributed by atoms with Gasteiger partial charge in [-0.2, -0.15) is 0 Å². The molecule has 0 bridgehead atoms. The summed E-state index contributed by atoms with van der Waals surface area (Å²) in [6, 6.07) is 0. The Labute approximate surface area is 87.1 Å². The maximum Gasteiger partial charge on any atom is 0.0499 e. The summed E-state index contributed by atoms with van der Waals surface area (Å²) in [4.78, 5) is 0. The molecule has 2 aliphatic rings. The van der Waals surface area contributed by atoms with Gasteiger partial charge >= 0.3 is 0 Å². The molecular weight excluding hydrogens is 174 g/mol. The largest absolute Gasteiger partial charge is 0.396 e. The first-order valence-corrected chi connectivity index (χ1v) is 6.16. The zero-order valence-corrected chi connectivity index (χ0v) is 9.10. The summed E-state index contributed by atoms with van der Waals surface area (Å²) in [5.74, 6) is 0.937. The van der Waals surface area contributed by atoms with Crippen molar-refractivity contribution in [3.05, 3.63) is 0 Å². The summed E-state index contributed by atoms with van der Waals surface area (Å²) in [7, 11) is 0. The van der Waals surface area contributed by atoms with Gasteiger partial charge in [-0.1, -0.05) is 19.3 Å². The molecule has 0 radical (unpaired) electrons. The van der Waals surface area contributed by atoms with E-state index in [1.54, 1.807) is 0 Å². The predicted molar refractivity (Wildman–Crippen MR) is 58.2 cm³/mol. The molecule has 0 heterocycles. The van der Waals surface area contributed by atoms with Crippen molar-refractivity contribution in [2.45, 2.75) is 44.9 Å². The molecular formula is C12H23NO. The average molecular weight is 197 g/mol. The number of hydrogen-bond donors (Lipinski definition) is 2. The lowest BCUT2D eigenvalue weighted by atomic mass is 9.84. The molecule has 82 valence electrons. The van der Waals surface area contributed by atoms with Crippen molar-refractivity contribution in [1.82, 2.24) is 5.32 Å². The summed E-state index contributed by atoms with van der Waals surface area (Å²) in [6.45, 7) is 2.60. The van der Waals surface area contributed by atoms with Gasteiger partial charge in [0.2, 0.25) is 0 Å². The molecule has 2 saturated carbocycles. The molecule has 0 aromatic rings. The number of nitrogens with one attached hydrogen (secondary N) is 1. The van der Waals surface area contributed by atoms with Crippen LogP contribution < -0.4 is 5.32 Å². The van der Waals surface area contributed by atoms with E-state index < -0.39 is 0 Å². The smallest absolute Gasteiger partial charge is 0.0499 e. The van der Waals surface area contributed by atoms with Crippen molar-refractivity contribution >= 4 is 0 Å². The van der Waals surface area contributed by atoms with Crippen molar-refractivity contribution in [3.8, 4) is 0 Å². The van der Waals surface area contributed by atoms with E-state index in [9.17, 15) is 5.11 Å². The summed E-state index contributed by atoms with van der Waals surface area (Å²) >= 11 is 0. The Kier molecular flexibility index (Phi) is 3.45. The molecule has 2 N–H and O–H groups in total. The van der Waals surface area contributed by atoms with E-state index in [2.05, 4.69) is 5.32 Å². The molecule has 0 aliphatic heterocycles. The van der Waals surface area contributed by atoms with Crippen LogP contribution in [0.15, 0.2) is 0 Å². The quantitative estimate of drug-likeness (QED) is 0.706. The normalized spacial score (nSPS) is 26.4. The van der Waals surface area contributed by atoms with Crippen LogP contribution in [0.1, 0.15) is 44.9 Å². The van der Waals surface area contributed by atoms with Crippen molar-refractivity contribution in [3.63, 3.8) is 0 Å². The molecule has 0 aromatic heterocycles. The average Bonchev–Trinajstić information content (AvgIpc) is 2.59. The summed E-state index contributed by atoms with van der Waals surface area (Å²) in [5, 5.41) is 13.0. The lowest BCUT2D eigenvalue weighted by Gasteiger charge is -2.30. The van der Waals surface area contributed by atoms with Crippen LogP contribution in [0.5, 0.6) is 0 Å². The Bertz CT molecular complexity index is 171. The van der Waals surface area contributed by atoms with Gasteiger partial charge in [0.25, 0.3) is 0 Å². The first kappa shape index (κ1) is 10.4. The fourth-order valence-electron chi connectivity index (χ4n) is 2.75. The lowest BCUT2D eigenvalue weighted by molar-refractivity contribution is 0.124. The van der Waals surface area contributed by atoms with E-state index in [4.69, 9.17) is 0 Å². The van der Waals surface area contributed by atoms with Gasteiger partial charge in [0.15, 0.2) is 0 Å². The third-order valence-electron chi connectivity index (χ3n) is 4.16. The lowest BCUT2D eigenvalue weighted by Crippen LogP contribution is -2.38. The van der Waals surface area contributed by atoms with E-state index in [0.29, 0.717) is 6.61 Å². The van der Waals surface area contributed by atoms with Gasteiger partial charge in [0, 0.05) is 18.6 Å². The minimum Gasteiger partial charge on any atom is -0.396 e. The molecule has 0 saturated heterocycles. The molecule has 2 heteroatoms. The Hall–Kier alpha value is -0.0800. The molecule has 2 aliphatic carbocycles. The Morgan fingerprint density at radius 3 is 2.36 bits per heavy atom. The van der Waals surface area contributed by atoms with Gasteiger partial charge in [0.1, 0.15) is 0 Å². The monoisotopic (exact) mass is 197 g/mol. The fourth-order valence-corrected chi connectivity index (χ4v) is 2.75. The van der Waals surface area contributed by atoms with Crippen LogP contribution in [0.25, 0.3) is 0 Å². The minimum absolute atomic E-state index is 0.240. The third kappa shape index (κ3) is 2.29.